The summed E-state index contributed by atoms with van der Waals surface area (Å²) in [4.78, 5) is 23.2. The second-order valence-electron chi connectivity index (χ2n) is 17.3. The van der Waals surface area contributed by atoms with Crippen LogP contribution in [0, 0.1) is 0 Å². The highest BCUT2D eigenvalue weighted by Gasteiger charge is 2.51. The van der Waals surface area contributed by atoms with E-state index in [0.29, 0.717) is 13.0 Å². The van der Waals surface area contributed by atoms with Gasteiger partial charge in [-0.2, -0.15) is 0 Å². The van der Waals surface area contributed by atoms with Crippen molar-refractivity contribution < 1.29 is 58.3 Å². The minimum Gasteiger partial charge on any atom is -0.457 e. The van der Waals surface area contributed by atoms with E-state index in [9.17, 15) is 39.8 Å². The molecule has 1 rings (SSSR count). The Balaban J connectivity index is 2.37. The predicted molar refractivity (Wildman–Crippen MR) is 258 cm³/mol. The van der Waals surface area contributed by atoms with Crippen molar-refractivity contribution in [3.8, 4) is 0 Å². The summed E-state index contributed by atoms with van der Waals surface area (Å²) in [5.41, 5.74) is 0. The molecule has 6 atom stereocenters. The molecule has 1 saturated carbocycles. The molecule has 64 heavy (non-hydrogen) atoms. The largest absolute Gasteiger partial charge is 0.472 e. The Hall–Kier alpha value is -1.96. The average Bonchev–Trinajstić information content (AvgIpc) is 3.28. The standard InChI is InChI=1S/C51H91O12P/c1-3-5-7-9-11-13-15-17-19-21-22-23-25-27-29-31-33-35-37-39-41-60-42-44(43-61-64(58,59)63-51-49(56)47(54)46(53)48(55)50(51)57)62-45(52)40-38-36-34-32-30-28-26-24-20-18-16-14-12-10-8-6-4-2/h5,7,11,13,17-20,22-23,44,46-51,53-57H,3-4,6,8-10,12,14-16,21,24-43H2,1-2H3,(H,58,59)/b7-5-,13-11-,19-17-,20-18-,23-22-. The van der Waals surface area contributed by atoms with Crippen LogP contribution in [0.15, 0.2) is 60.8 Å². The van der Waals surface area contributed by atoms with Crippen molar-refractivity contribution in [3.05, 3.63) is 60.8 Å². The smallest absolute Gasteiger partial charge is 0.457 e. The first-order chi connectivity index (χ1) is 31.0. The third-order valence-electron chi connectivity index (χ3n) is 11.4. The lowest BCUT2D eigenvalue weighted by Crippen LogP contribution is -2.64. The van der Waals surface area contributed by atoms with E-state index in [1.54, 1.807) is 0 Å². The molecule has 0 bridgehead atoms. The Morgan fingerprint density at radius 1 is 0.516 bits per heavy atom. The van der Waals surface area contributed by atoms with E-state index in [1.807, 2.05) is 0 Å². The van der Waals surface area contributed by atoms with Gasteiger partial charge in [0.25, 0.3) is 0 Å². The highest BCUT2D eigenvalue weighted by molar-refractivity contribution is 7.47. The van der Waals surface area contributed by atoms with Gasteiger partial charge < -0.3 is 39.9 Å². The van der Waals surface area contributed by atoms with Crippen LogP contribution in [-0.2, 0) is 27.9 Å². The van der Waals surface area contributed by atoms with Gasteiger partial charge in [-0.1, -0.05) is 171 Å². The molecule has 6 N–H and O–H groups in total. The summed E-state index contributed by atoms with van der Waals surface area (Å²) in [6.45, 7) is 4.12. The Morgan fingerprint density at radius 3 is 1.42 bits per heavy atom. The summed E-state index contributed by atoms with van der Waals surface area (Å²) in [7, 11) is -5.03. The third-order valence-corrected chi connectivity index (χ3v) is 12.4. The van der Waals surface area contributed by atoms with Gasteiger partial charge >= 0.3 is 13.8 Å². The number of carbonyl (C=O) groups excluding carboxylic acids is 1. The summed E-state index contributed by atoms with van der Waals surface area (Å²) in [5.74, 6) is -0.487. The summed E-state index contributed by atoms with van der Waals surface area (Å²) in [5, 5.41) is 50.3. The van der Waals surface area contributed by atoms with E-state index in [2.05, 4.69) is 74.6 Å². The zero-order valence-corrected chi connectivity index (χ0v) is 40.7. The lowest BCUT2D eigenvalue weighted by Gasteiger charge is -2.41. The van der Waals surface area contributed by atoms with Crippen molar-refractivity contribution in [2.75, 3.05) is 19.8 Å². The molecule has 0 saturated heterocycles. The maximum atomic E-state index is 12.8. The maximum absolute atomic E-state index is 12.8. The van der Waals surface area contributed by atoms with Crippen molar-refractivity contribution in [3.63, 3.8) is 0 Å². The zero-order valence-electron chi connectivity index (χ0n) is 39.8. The number of allylic oxidation sites excluding steroid dienone is 10. The molecule has 0 aromatic carbocycles. The summed E-state index contributed by atoms with van der Waals surface area (Å²) >= 11 is 0. The molecule has 1 aliphatic carbocycles. The molecule has 0 radical (unpaired) electrons. The van der Waals surface area contributed by atoms with Crippen LogP contribution in [0.25, 0.3) is 0 Å². The molecule has 1 aliphatic rings. The van der Waals surface area contributed by atoms with Crippen LogP contribution < -0.4 is 0 Å². The summed E-state index contributed by atoms with van der Waals surface area (Å²) in [6, 6.07) is 0. The second-order valence-corrected chi connectivity index (χ2v) is 18.7. The molecule has 372 valence electrons. The Bertz CT molecular complexity index is 1290. The number of unbranched alkanes of at least 4 members (excludes halogenated alkanes) is 20. The first kappa shape index (κ1) is 60.1. The van der Waals surface area contributed by atoms with Crippen molar-refractivity contribution in [1.82, 2.24) is 0 Å². The van der Waals surface area contributed by atoms with Gasteiger partial charge in [0.2, 0.25) is 0 Å². The first-order valence-electron chi connectivity index (χ1n) is 25.1. The Morgan fingerprint density at radius 2 is 0.922 bits per heavy atom. The lowest BCUT2D eigenvalue weighted by molar-refractivity contribution is -0.220. The summed E-state index contributed by atoms with van der Waals surface area (Å²) in [6.07, 6.45) is 39.9. The predicted octanol–water partition coefficient (Wildman–Crippen LogP) is 11.0. The van der Waals surface area contributed by atoms with Gasteiger partial charge in [0.05, 0.1) is 13.2 Å². The molecule has 0 aliphatic heterocycles. The number of phosphoric ester groups is 1. The maximum Gasteiger partial charge on any atom is 0.472 e. The number of hydrogen-bond donors (Lipinski definition) is 6. The fourth-order valence-corrected chi connectivity index (χ4v) is 8.37. The number of ether oxygens (including phenoxy) is 2. The van der Waals surface area contributed by atoms with E-state index in [0.717, 1.165) is 89.9 Å². The molecule has 0 aromatic heterocycles. The number of aliphatic hydroxyl groups is 5. The van der Waals surface area contributed by atoms with Crippen molar-refractivity contribution in [2.24, 2.45) is 0 Å². The second kappa shape index (κ2) is 41.2. The lowest BCUT2D eigenvalue weighted by atomic mass is 9.85. The molecular weight excluding hydrogens is 836 g/mol. The van der Waals surface area contributed by atoms with Crippen molar-refractivity contribution >= 4 is 13.8 Å². The molecular formula is C51H91O12P. The SMILES string of the molecule is CC/C=C\C/C=C\C/C=C\C/C=C\CCCCCCCCCOCC(COP(=O)(O)OC1C(O)C(O)C(O)C(O)C1O)OC(=O)CCCCCCCCC/C=C\CCCCCCCC. The molecule has 0 heterocycles. The fraction of sp³-hybridized carbons (Fsp3) is 0.784. The highest BCUT2D eigenvalue weighted by atomic mass is 31.2. The van der Waals surface area contributed by atoms with E-state index >= 15 is 0 Å². The normalized spacial score (nSPS) is 22.2. The molecule has 0 aromatic rings. The van der Waals surface area contributed by atoms with E-state index in [1.165, 1.54) is 77.0 Å². The minimum absolute atomic E-state index is 0.0877. The first-order valence-corrected chi connectivity index (χ1v) is 26.6. The van der Waals surface area contributed by atoms with E-state index in [4.69, 9.17) is 18.5 Å². The van der Waals surface area contributed by atoms with Gasteiger partial charge in [-0.3, -0.25) is 13.8 Å². The number of carbonyl (C=O) groups is 1. The van der Waals surface area contributed by atoms with Gasteiger partial charge in [-0.05, 0) is 77.0 Å². The molecule has 13 heteroatoms. The number of aliphatic hydroxyl groups excluding tert-OH is 5. The monoisotopic (exact) mass is 927 g/mol. The van der Waals surface area contributed by atoms with Gasteiger partial charge in [-0.25, -0.2) is 4.57 Å². The van der Waals surface area contributed by atoms with Crippen LogP contribution in [0.5, 0.6) is 0 Å². The number of hydrogen-bond acceptors (Lipinski definition) is 11. The Labute approximate surface area is 387 Å². The van der Waals surface area contributed by atoms with E-state index < -0.39 is 63.1 Å². The third kappa shape index (κ3) is 32.7. The Kier molecular flexibility index (Phi) is 38.7. The quantitative estimate of drug-likeness (QED) is 0.0147. The summed E-state index contributed by atoms with van der Waals surface area (Å²) < 4.78 is 34.3. The van der Waals surface area contributed by atoms with Gasteiger partial charge in [0.1, 0.15) is 42.7 Å². The fourth-order valence-electron chi connectivity index (χ4n) is 7.40. The topological polar surface area (TPSA) is 192 Å². The van der Waals surface area contributed by atoms with Crippen LogP contribution in [0.4, 0.5) is 0 Å². The molecule has 1 fully saturated rings. The molecule has 0 spiro atoms. The molecule has 6 unspecified atom stereocenters. The molecule has 12 nitrogen and oxygen atoms in total. The minimum atomic E-state index is -5.03. The van der Waals surface area contributed by atoms with Crippen molar-refractivity contribution in [1.29, 1.82) is 0 Å². The zero-order chi connectivity index (χ0) is 46.9. The number of esters is 1. The van der Waals surface area contributed by atoms with Gasteiger partial charge in [0, 0.05) is 13.0 Å². The van der Waals surface area contributed by atoms with Crippen LogP contribution >= 0.6 is 7.82 Å². The van der Waals surface area contributed by atoms with Crippen LogP contribution in [0.2, 0.25) is 0 Å². The van der Waals surface area contributed by atoms with Crippen LogP contribution in [0.3, 0.4) is 0 Å². The van der Waals surface area contributed by atoms with Gasteiger partial charge in [0.15, 0.2) is 0 Å². The highest BCUT2D eigenvalue weighted by Crippen LogP contribution is 2.47. The van der Waals surface area contributed by atoms with E-state index in [-0.39, 0.29) is 13.0 Å². The number of rotatable bonds is 42. The van der Waals surface area contributed by atoms with Gasteiger partial charge in [-0.15, -0.1) is 0 Å². The average molecular weight is 927 g/mol. The van der Waals surface area contributed by atoms with Crippen LogP contribution in [-0.4, -0.2) is 98.9 Å². The molecule has 0 amide bonds. The van der Waals surface area contributed by atoms with Crippen molar-refractivity contribution in [2.45, 2.75) is 236 Å². The van der Waals surface area contributed by atoms with Crippen LogP contribution in [0.1, 0.15) is 194 Å². The number of phosphoric acid groups is 1.